The maximum atomic E-state index is 10.3. The Morgan fingerprint density at radius 2 is 1.30 bits per heavy atom. The summed E-state index contributed by atoms with van der Waals surface area (Å²) in [6.07, 6.45) is 0.664. The summed E-state index contributed by atoms with van der Waals surface area (Å²) in [4.78, 5) is 10.3. The van der Waals surface area contributed by atoms with Crippen LogP contribution in [0.3, 0.4) is 0 Å². The monoisotopic (exact) mass is 308 g/mol. The molecular formula is C18H16N2O3. The van der Waals surface area contributed by atoms with Crippen molar-refractivity contribution in [1.29, 1.82) is 10.5 Å². The molecule has 5 nitrogen and oxygen atoms in total. The number of benzene rings is 2. The molecule has 23 heavy (non-hydrogen) atoms. The molecule has 0 atom stereocenters. The number of carboxylic acids is 1. The second-order valence-electron chi connectivity index (χ2n) is 4.66. The van der Waals surface area contributed by atoms with Crippen LogP contribution in [0.25, 0.3) is 0 Å². The Hall–Kier alpha value is -3.15. The van der Waals surface area contributed by atoms with Crippen LogP contribution in [0.5, 0.6) is 0 Å². The SMILES string of the molecule is N#Cc1ccc(CC(=O)O)cc1.N#Cc1ccc(CCO)cc1. The third-order valence-corrected chi connectivity index (χ3v) is 2.92. The molecule has 2 aromatic carbocycles. The zero-order chi connectivity index (χ0) is 17.1. The van der Waals surface area contributed by atoms with E-state index >= 15 is 0 Å². The van der Waals surface area contributed by atoms with E-state index in [0.29, 0.717) is 23.1 Å². The first-order chi connectivity index (χ1) is 11.1. The number of hydrogen-bond donors (Lipinski definition) is 2. The Bertz CT molecular complexity index is 708. The summed E-state index contributed by atoms with van der Waals surface area (Å²) in [7, 11) is 0. The molecule has 2 N–H and O–H groups in total. The first kappa shape index (κ1) is 17.9. The van der Waals surface area contributed by atoms with Crippen LogP contribution in [0.1, 0.15) is 22.3 Å². The molecule has 0 unspecified atom stereocenters. The molecule has 0 bridgehead atoms. The Morgan fingerprint density at radius 1 is 0.870 bits per heavy atom. The molecule has 0 spiro atoms. The molecule has 2 rings (SSSR count). The average molecular weight is 308 g/mol. The highest BCUT2D eigenvalue weighted by Crippen LogP contribution is 2.04. The zero-order valence-electron chi connectivity index (χ0n) is 12.4. The van der Waals surface area contributed by atoms with Crippen molar-refractivity contribution < 1.29 is 15.0 Å². The molecule has 0 saturated heterocycles. The van der Waals surface area contributed by atoms with E-state index in [-0.39, 0.29) is 13.0 Å². The lowest BCUT2D eigenvalue weighted by Gasteiger charge is -1.95. The number of hydrogen-bond acceptors (Lipinski definition) is 4. The number of rotatable bonds is 4. The molecule has 0 aromatic heterocycles. The summed E-state index contributed by atoms with van der Waals surface area (Å²) < 4.78 is 0. The van der Waals surface area contributed by atoms with Gasteiger partial charge in [-0.05, 0) is 41.8 Å². The van der Waals surface area contributed by atoms with Crippen LogP contribution in [0, 0.1) is 22.7 Å². The van der Waals surface area contributed by atoms with Crippen LogP contribution in [0.4, 0.5) is 0 Å². The maximum Gasteiger partial charge on any atom is 0.307 e. The normalized spacial score (nSPS) is 9.00. The number of aliphatic carboxylic acids is 1. The van der Waals surface area contributed by atoms with Crippen molar-refractivity contribution in [3.05, 3.63) is 70.8 Å². The minimum Gasteiger partial charge on any atom is -0.481 e. The lowest BCUT2D eigenvalue weighted by atomic mass is 10.1. The van der Waals surface area contributed by atoms with Crippen LogP contribution in [0.15, 0.2) is 48.5 Å². The van der Waals surface area contributed by atoms with Crippen molar-refractivity contribution in [2.24, 2.45) is 0 Å². The van der Waals surface area contributed by atoms with Crippen LogP contribution in [0.2, 0.25) is 0 Å². The molecule has 2 aromatic rings. The van der Waals surface area contributed by atoms with Gasteiger partial charge < -0.3 is 10.2 Å². The molecule has 0 saturated carbocycles. The van der Waals surface area contributed by atoms with Gasteiger partial charge in [0.1, 0.15) is 0 Å². The first-order valence-electron chi connectivity index (χ1n) is 6.89. The fourth-order valence-electron chi connectivity index (χ4n) is 1.75. The predicted octanol–water partition coefficient (Wildman–Crippen LogP) is 2.28. The summed E-state index contributed by atoms with van der Waals surface area (Å²) in [5.74, 6) is -0.861. The highest BCUT2D eigenvalue weighted by molar-refractivity contribution is 5.70. The fraction of sp³-hybridized carbons (Fsp3) is 0.167. The summed E-state index contributed by atoms with van der Waals surface area (Å²) in [5.41, 5.74) is 2.98. The van der Waals surface area contributed by atoms with Crippen LogP contribution >= 0.6 is 0 Å². The molecule has 0 radical (unpaired) electrons. The van der Waals surface area contributed by atoms with E-state index in [4.69, 9.17) is 20.7 Å². The Balaban J connectivity index is 0.000000231. The topological polar surface area (TPSA) is 105 Å². The average Bonchev–Trinajstić information content (AvgIpc) is 2.57. The standard InChI is InChI=1S/C9H7NO2.C9H9NO/c10-6-8-3-1-7(2-4-8)5-9(11)12;10-7-9-3-1-8(2-4-9)5-6-11/h1-4H,5H2,(H,11,12);1-4,11H,5-6H2. The van der Waals surface area contributed by atoms with Gasteiger partial charge in [0.05, 0.1) is 29.7 Å². The molecule has 5 heteroatoms. The van der Waals surface area contributed by atoms with Crippen LogP contribution in [-0.2, 0) is 17.6 Å². The quantitative estimate of drug-likeness (QED) is 0.901. The summed E-state index contributed by atoms with van der Waals surface area (Å²) in [6, 6.07) is 17.7. The van der Waals surface area contributed by atoms with E-state index in [2.05, 4.69) is 0 Å². The Kier molecular flexibility index (Phi) is 7.57. The Labute approximate surface area is 134 Å². The van der Waals surface area contributed by atoms with Gasteiger partial charge in [0.15, 0.2) is 0 Å². The third kappa shape index (κ3) is 6.90. The van der Waals surface area contributed by atoms with Gasteiger partial charge in [0.25, 0.3) is 0 Å². The summed E-state index contributed by atoms with van der Waals surface area (Å²) in [5, 5.41) is 33.9. The fourth-order valence-corrected chi connectivity index (χ4v) is 1.75. The number of nitriles is 2. The smallest absolute Gasteiger partial charge is 0.307 e. The van der Waals surface area contributed by atoms with E-state index < -0.39 is 5.97 Å². The Morgan fingerprint density at radius 3 is 1.65 bits per heavy atom. The first-order valence-corrected chi connectivity index (χ1v) is 6.89. The van der Waals surface area contributed by atoms with Gasteiger partial charge in [-0.15, -0.1) is 0 Å². The molecule has 116 valence electrons. The van der Waals surface area contributed by atoms with Crippen molar-refractivity contribution in [1.82, 2.24) is 0 Å². The number of carboxylic acid groups (broad SMARTS) is 1. The molecule has 0 aliphatic carbocycles. The number of aliphatic hydroxyl groups excluding tert-OH is 1. The molecule has 0 amide bonds. The lowest BCUT2D eigenvalue weighted by Crippen LogP contribution is -1.99. The summed E-state index contributed by atoms with van der Waals surface area (Å²) in [6.45, 7) is 0.159. The van der Waals surface area contributed by atoms with Gasteiger partial charge in [-0.25, -0.2) is 0 Å². The highest BCUT2D eigenvalue weighted by Gasteiger charge is 1.99. The van der Waals surface area contributed by atoms with Gasteiger partial charge in [-0.3, -0.25) is 4.79 Å². The van der Waals surface area contributed by atoms with Gasteiger partial charge in [0.2, 0.25) is 0 Å². The van der Waals surface area contributed by atoms with Gasteiger partial charge in [-0.2, -0.15) is 10.5 Å². The minimum atomic E-state index is -0.861. The van der Waals surface area contributed by atoms with Crippen molar-refractivity contribution >= 4 is 5.97 Å². The zero-order valence-corrected chi connectivity index (χ0v) is 12.4. The second kappa shape index (κ2) is 9.73. The van der Waals surface area contributed by atoms with Crippen molar-refractivity contribution in [2.45, 2.75) is 12.8 Å². The van der Waals surface area contributed by atoms with Gasteiger partial charge in [0, 0.05) is 6.61 Å². The van der Waals surface area contributed by atoms with Gasteiger partial charge >= 0.3 is 5.97 Å². The predicted molar refractivity (Wildman–Crippen MR) is 84.4 cm³/mol. The lowest BCUT2D eigenvalue weighted by molar-refractivity contribution is -0.136. The van der Waals surface area contributed by atoms with E-state index in [9.17, 15) is 4.79 Å². The van der Waals surface area contributed by atoms with Crippen molar-refractivity contribution in [2.75, 3.05) is 6.61 Å². The molecule has 0 aliphatic rings. The largest absolute Gasteiger partial charge is 0.481 e. The highest BCUT2D eigenvalue weighted by atomic mass is 16.4. The maximum absolute atomic E-state index is 10.3. The van der Waals surface area contributed by atoms with E-state index in [1.54, 1.807) is 36.4 Å². The van der Waals surface area contributed by atoms with Crippen LogP contribution in [-0.4, -0.2) is 22.8 Å². The number of aliphatic hydroxyl groups is 1. The molecule has 0 heterocycles. The second-order valence-corrected chi connectivity index (χ2v) is 4.66. The molecule has 0 fully saturated rings. The van der Waals surface area contributed by atoms with Crippen LogP contribution < -0.4 is 0 Å². The number of nitrogens with zero attached hydrogens (tertiary/aromatic N) is 2. The van der Waals surface area contributed by atoms with Gasteiger partial charge in [-0.1, -0.05) is 24.3 Å². The molecule has 0 aliphatic heterocycles. The summed E-state index contributed by atoms with van der Waals surface area (Å²) >= 11 is 0. The van der Waals surface area contributed by atoms with E-state index in [0.717, 1.165) is 5.56 Å². The minimum absolute atomic E-state index is 0.00566. The molecular weight excluding hydrogens is 292 g/mol. The third-order valence-electron chi connectivity index (χ3n) is 2.92. The van der Waals surface area contributed by atoms with Crippen molar-refractivity contribution in [3.8, 4) is 12.1 Å². The van der Waals surface area contributed by atoms with E-state index in [1.165, 1.54) is 0 Å². The number of carbonyl (C=O) groups is 1. The van der Waals surface area contributed by atoms with Crippen molar-refractivity contribution in [3.63, 3.8) is 0 Å². The van der Waals surface area contributed by atoms with E-state index in [1.807, 2.05) is 24.3 Å².